The van der Waals surface area contributed by atoms with Gasteiger partial charge in [-0.25, -0.2) is 8.42 Å². The van der Waals surface area contributed by atoms with Gasteiger partial charge in [-0.15, -0.1) is 0 Å². The Kier molecular flexibility index (Phi) is 3.64. The lowest BCUT2D eigenvalue weighted by atomic mass is 9.89. The number of hydrogen-bond acceptors (Lipinski definition) is 4. The molecule has 16 heavy (non-hydrogen) atoms. The Morgan fingerprint density at radius 1 is 1.31 bits per heavy atom. The molecule has 0 aromatic heterocycles. The first-order valence-corrected chi connectivity index (χ1v) is 7.20. The van der Waals surface area contributed by atoms with Gasteiger partial charge in [0.15, 0.2) is 0 Å². The Morgan fingerprint density at radius 3 is 2.06 bits per heavy atom. The number of carbonyl (C=O) groups is 1. The van der Waals surface area contributed by atoms with E-state index in [2.05, 4.69) is 0 Å². The zero-order valence-corrected chi connectivity index (χ0v) is 10.7. The molecule has 0 amide bonds. The maximum absolute atomic E-state index is 11.4. The fourth-order valence-electron chi connectivity index (χ4n) is 2.09. The van der Waals surface area contributed by atoms with E-state index in [-0.39, 0.29) is 30.4 Å². The van der Waals surface area contributed by atoms with Gasteiger partial charge in [0.25, 0.3) is 0 Å². The largest absolute Gasteiger partial charge is 0.480 e. The minimum atomic E-state index is -3.04. The van der Waals surface area contributed by atoms with Crippen molar-refractivity contribution in [3.8, 4) is 0 Å². The van der Waals surface area contributed by atoms with Gasteiger partial charge in [-0.2, -0.15) is 0 Å². The molecule has 5 nitrogen and oxygen atoms in total. The van der Waals surface area contributed by atoms with Gasteiger partial charge in [-0.05, 0) is 33.7 Å². The van der Waals surface area contributed by atoms with Crippen molar-refractivity contribution in [3.63, 3.8) is 0 Å². The summed E-state index contributed by atoms with van der Waals surface area (Å²) in [5, 5.41) is 9.34. The summed E-state index contributed by atoms with van der Waals surface area (Å²) in [5.41, 5.74) is -1.01. The summed E-state index contributed by atoms with van der Waals surface area (Å²) in [7, 11) is -1.29. The molecular weight excluding hydrogens is 230 g/mol. The van der Waals surface area contributed by atoms with Crippen LogP contribution in [-0.2, 0) is 14.6 Å². The molecule has 6 heteroatoms. The van der Waals surface area contributed by atoms with Crippen LogP contribution in [0, 0.1) is 0 Å². The van der Waals surface area contributed by atoms with E-state index in [9.17, 15) is 18.3 Å². The number of sulfone groups is 1. The van der Waals surface area contributed by atoms with Crippen molar-refractivity contribution < 1.29 is 18.3 Å². The molecule has 0 bridgehead atoms. The Morgan fingerprint density at radius 2 is 1.75 bits per heavy atom. The van der Waals surface area contributed by atoms with E-state index in [0.717, 1.165) is 0 Å². The number of likely N-dealkylation sites (N-methyl/N-ethyl adjacent to an activating group) is 1. The summed E-state index contributed by atoms with van der Waals surface area (Å²) in [6.07, 6.45) is 0.360. The monoisotopic (exact) mass is 249 g/mol. The third-order valence-corrected chi connectivity index (χ3v) is 5.15. The maximum Gasteiger partial charge on any atom is 0.324 e. The number of rotatable bonds is 3. The Hall–Kier alpha value is -0.620. The second-order valence-corrected chi connectivity index (χ2v) is 7.00. The Bertz CT molecular complexity index is 360. The summed E-state index contributed by atoms with van der Waals surface area (Å²) in [6, 6.07) is 0.0805. The first kappa shape index (κ1) is 13.4. The highest BCUT2D eigenvalue weighted by Crippen LogP contribution is 2.30. The molecule has 1 fully saturated rings. The van der Waals surface area contributed by atoms with E-state index >= 15 is 0 Å². The van der Waals surface area contributed by atoms with E-state index in [1.807, 2.05) is 13.8 Å². The molecule has 0 spiro atoms. The fraction of sp³-hybridized carbons (Fsp3) is 0.900. The van der Waals surface area contributed by atoms with Crippen molar-refractivity contribution >= 4 is 15.8 Å². The van der Waals surface area contributed by atoms with Crippen LogP contribution in [0.4, 0.5) is 0 Å². The lowest BCUT2D eigenvalue weighted by Gasteiger charge is -2.42. The van der Waals surface area contributed by atoms with Gasteiger partial charge < -0.3 is 5.11 Å². The minimum absolute atomic E-state index is 0.0314. The SMILES string of the molecule is CC(C)N(C)C1(C(=O)O)CCS(=O)(=O)CC1. The first-order chi connectivity index (χ1) is 7.21. The summed E-state index contributed by atoms with van der Waals surface area (Å²) >= 11 is 0. The molecule has 0 saturated carbocycles. The smallest absolute Gasteiger partial charge is 0.324 e. The summed E-state index contributed by atoms with van der Waals surface area (Å²) in [6.45, 7) is 3.82. The molecule has 0 aromatic rings. The molecule has 94 valence electrons. The second-order valence-electron chi connectivity index (χ2n) is 4.69. The zero-order valence-electron chi connectivity index (χ0n) is 9.93. The quantitative estimate of drug-likeness (QED) is 0.781. The van der Waals surface area contributed by atoms with Gasteiger partial charge in [0, 0.05) is 6.04 Å². The summed E-state index contributed by atoms with van der Waals surface area (Å²) in [5.74, 6) is -0.981. The number of aliphatic carboxylic acids is 1. The van der Waals surface area contributed by atoms with Crippen LogP contribution in [0.2, 0.25) is 0 Å². The first-order valence-electron chi connectivity index (χ1n) is 5.38. The predicted molar refractivity (Wildman–Crippen MR) is 61.2 cm³/mol. The van der Waals surface area contributed by atoms with Crippen molar-refractivity contribution in [3.05, 3.63) is 0 Å². The van der Waals surface area contributed by atoms with Crippen molar-refractivity contribution in [1.29, 1.82) is 0 Å². The molecule has 1 aliphatic heterocycles. The van der Waals surface area contributed by atoms with E-state index in [0.29, 0.717) is 0 Å². The highest BCUT2D eigenvalue weighted by molar-refractivity contribution is 7.91. The van der Waals surface area contributed by atoms with Crippen molar-refractivity contribution in [2.24, 2.45) is 0 Å². The number of carboxylic acids is 1. The van der Waals surface area contributed by atoms with Crippen LogP contribution < -0.4 is 0 Å². The average molecular weight is 249 g/mol. The number of nitrogens with zero attached hydrogens (tertiary/aromatic N) is 1. The number of hydrogen-bond donors (Lipinski definition) is 1. The van der Waals surface area contributed by atoms with Crippen LogP contribution in [0.25, 0.3) is 0 Å². The molecule has 1 heterocycles. The standard InChI is InChI=1S/C10H19NO4S/c1-8(2)11(3)10(9(12)13)4-6-16(14,15)7-5-10/h8H,4-7H2,1-3H3,(H,12,13). The normalized spacial score (nSPS) is 23.6. The molecular formula is C10H19NO4S. The average Bonchev–Trinajstić information content (AvgIpc) is 2.16. The van der Waals surface area contributed by atoms with Crippen molar-refractivity contribution in [2.45, 2.75) is 38.3 Å². The van der Waals surface area contributed by atoms with Crippen LogP contribution in [0.1, 0.15) is 26.7 Å². The van der Waals surface area contributed by atoms with Gasteiger partial charge in [0.1, 0.15) is 15.4 Å². The third-order valence-electron chi connectivity index (χ3n) is 3.50. The highest BCUT2D eigenvalue weighted by Gasteiger charge is 2.47. The van der Waals surface area contributed by atoms with Crippen LogP contribution in [-0.4, -0.2) is 54.5 Å². The summed E-state index contributed by atoms with van der Waals surface area (Å²) in [4.78, 5) is 13.2. The molecule has 1 N–H and O–H groups in total. The maximum atomic E-state index is 11.4. The Balaban J connectivity index is 2.98. The van der Waals surface area contributed by atoms with Crippen LogP contribution in [0.5, 0.6) is 0 Å². The molecule has 0 atom stereocenters. The lowest BCUT2D eigenvalue weighted by molar-refractivity contribution is -0.152. The molecule has 1 aliphatic rings. The minimum Gasteiger partial charge on any atom is -0.480 e. The second kappa shape index (κ2) is 4.33. The molecule has 0 unspecified atom stereocenters. The van der Waals surface area contributed by atoms with Crippen molar-refractivity contribution in [2.75, 3.05) is 18.6 Å². The zero-order chi connectivity index (χ0) is 12.6. The molecule has 0 aromatic carbocycles. The van der Waals surface area contributed by atoms with E-state index in [1.165, 1.54) is 0 Å². The fourth-order valence-corrected chi connectivity index (χ4v) is 3.59. The van der Waals surface area contributed by atoms with Gasteiger partial charge >= 0.3 is 5.97 Å². The topological polar surface area (TPSA) is 74.7 Å². The molecule has 0 aliphatic carbocycles. The highest BCUT2D eigenvalue weighted by atomic mass is 32.2. The summed E-state index contributed by atoms with van der Waals surface area (Å²) < 4.78 is 22.7. The van der Waals surface area contributed by atoms with Gasteiger partial charge in [0.2, 0.25) is 0 Å². The number of carboxylic acid groups (broad SMARTS) is 1. The van der Waals surface area contributed by atoms with Gasteiger partial charge in [-0.3, -0.25) is 9.69 Å². The van der Waals surface area contributed by atoms with E-state index in [4.69, 9.17) is 0 Å². The van der Waals surface area contributed by atoms with E-state index in [1.54, 1.807) is 11.9 Å². The van der Waals surface area contributed by atoms with Crippen LogP contribution >= 0.6 is 0 Å². The van der Waals surface area contributed by atoms with Crippen molar-refractivity contribution in [1.82, 2.24) is 4.90 Å². The third kappa shape index (κ3) is 2.38. The molecule has 1 saturated heterocycles. The predicted octanol–water partition coefficient (Wildman–Crippen LogP) is 0.359. The lowest BCUT2D eigenvalue weighted by Crippen LogP contribution is -2.59. The van der Waals surface area contributed by atoms with Gasteiger partial charge in [0.05, 0.1) is 11.5 Å². The molecule has 1 rings (SSSR count). The Labute approximate surface area is 96.4 Å². The van der Waals surface area contributed by atoms with E-state index < -0.39 is 21.3 Å². The van der Waals surface area contributed by atoms with Gasteiger partial charge in [-0.1, -0.05) is 0 Å². The van der Waals surface area contributed by atoms with Crippen LogP contribution in [0.15, 0.2) is 0 Å². The molecule has 0 radical (unpaired) electrons. The van der Waals surface area contributed by atoms with Crippen LogP contribution in [0.3, 0.4) is 0 Å².